The van der Waals surface area contributed by atoms with Crippen molar-refractivity contribution in [2.75, 3.05) is 10.8 Å². The molecule has 2 aromatic carbocycles. The molecule has 2 heterocycles. The molecule has 1 amide bonds. The number of nitrogens with zero attached hydrogens (tertiary/aromatic N) is 4. The van der Waals surface area contributed by atoms with Crippen molar-refractivity contribution < 1.29 is 13.9 Å². The van der Waals surface area contributed by atoms with Crippen molar-refractivity contribution >= 4 is 29.3 Å². The molecular weight excluding hydrogens is 391 g/mol. The molecule has 0 atom stereocenters. The summed E-state index contributed by atoms with van der Waals surface area (Å²) in [6, 6.07) is 13.3. The SMILES string of the molecule is O=C1CSc2nnc(COc3ccccc3Cl)n2N1Cc1cccc(F)c1. The third kappa shape index (κ3) is 3.77. The van der Waals surface area contributed by atoms with E-state index in [9.17, 15) is 9.18 Å². The Morgan fingerprint density at radius 1 is 1.19 bits per heavy atom. The van der Waals surface area contributed by atoms with Gasteiger partial charge in [-0.05, 0) is 29.8 Å². The van der Waals surface area contributed by atoms with Gasteiger partial charge in [0.25, 0.3) is 5.91 Å². The fourth-order valence-corrected chi connectivity index (χ4v) is 3.72. The maximum atomic E-state index is 13.5. The van der Waals surface area contributed by atoms with Gasteiger partial charge in [0.1, 0.15) is 18.2 Å². The van der Waals surface area contributed by atoms with Crippen molar-refractivity contribution in [3.8, 4) is 5.75 Å². The average molecular weight is 405 g/mol. The smallest absolute Gasteiger partial charge is 0.252 e. The Labute approximate surface area is 163 Å². The molecular formula is C18H14ClFN4O2S. The second kappa shape index (κ2) is 7.58. The zero-order valence-electron chi connectivity index (χ0n) is 14.0. The molecule has 4 rings (SSSR count). The van der Waals surface area contributed by atoms with Gasteiger partial charge in [0, 0.05) is 0 Å². The number of halogens is 2. The van der Waals surface area contributed by atoms with E-state index in [4.69, 9.17) is 16.3 Å². The predicted octanol–water partition coefficient (Wildman–Crippen LogP) is 3.42. The van der Waals surface area contributed by atoms with E-state index < -0.39 is 0 Å². The van der Waals surface area contributed by atoms with Gasteiger partial charge >= 0.3 is 0 Å². The number of carbonyl (C=O) groups excluding carboxylic acids is 1. The van der Waals surface area contributed by atoms with Crippen LogP contribution in [-0.2, 0) is 17.9 Å². The number of carbonyl (C=O) groups is 1. The number of fused-ring (bicyclic) bond motifs is 1. The van der Waals surface area contributed by atoms with Gasteiger partial charge in [-0.1, -0.05) is 47.6 Å². The summed E-state index contributed by atoms with van der Waals surface area (Å²) >= 11 is 7.41. The summed E-state index contributed by atoms with van der Waals surface area (Å²) in [7, 11) is 0. The van der Waals surface area contributed by atoms with Gasteiger partial charge in [-0.15, -0.1) is 10.2 Å². The number of hydrogen-bond acceptors (Lipinski definition) is 5. The lowest BCUT2D eigenvalue weighted by atomic mass is 10.2. The molecule has 0 fully saturated rings. The second-order valence-electron chi connectivity index (χ2n) is 5.80. The van der Waals surface area contributed by atoms with Gasteiger partial charge < -0.3 is 4.74 Å². The third-order valence-electron chi connectivity index (χ3n) is 3.95. The Kier molecular flexibility index (Phi) is 5.00. The fourth-order valence-electron chi connectivity index (χ4n) is 2.70. The second-order valence-corrected chi connectivity index (χ2v) is 7.15. The number of para-hydroxylation sites is 1. The first kappa shape index (κ1) is 17.8. The Hall–Kier alpha value is -2.58. The Morgan fingerprint density at radius 3 is 2.85 bits per heavy atom. The predicted molar refractivity (Wildman–Crippen MR) is 99.9 cm³/mol. The number of aromatic nitrogens is 3. The van der Waals surface area contributed by atoms with Gasteiger partial charge in [-0.25, -0.2) is 14.1 Å². The monoisotopic (exact) mass is 404 g/mol. The minimum Gasteiger partial charge on any atom is -0.484 e. The molecule has 1 aliphatic rings. The summed E-state index contributed by atoms with van der Waals surface area (Å²) in [5.74, 6) is 0.761. The molecule has 0 saturated carbocycles. The summed E-state index contributed by atoms with van der Waals surface area (Å²) in [6.07, 6.45) is 0. The molecule has 9 heteroatoms. The van der Waals surface area contributed by atoms with E-state index in [1.54, 1.807) is 28.9 Å². The first-order chi connectivity index (χ1) is 13.1. The van der Waals surface area contributed by atoms with Crippen LogP contribution in [0.3, 0.4) is 0 Å². The number of rotatable bonds is 5. The lowest BCUT2D eigenvalue weighted by Crippen LogP contribution is -2.45. The molecule has 0 aliphatic carbocycles. The van der Waals surface area contributed by atoms with Crippen molar-refractivity contribution in [1.82, 2.24) is 14.9 Å². The topological polar surface area (TPSA) is 60.2 Å². The van der Waals surface area contributed by atoms with Crippen molar-refractivity contribution in [2.24, 2.45) is 0 Å². The maximum Gasteiger partial charge on any atom is 0.252 e. The van der Waals surface area contributed by atoms with E-state index in [-0.39, 0.29) is 30.6 Å². The molecule has 27 heavy (non-hydrogen) atoms. The van der Waals surface area contributed by atoms with Crippen LogP contribution in [-0.4, -0.2) is 26.5 Å². The lowest BCUT2D eigenvalue weighted by Gasteiger charge is -2.29. The zero-order valence-corrected chi connectivity index (χ0v) is 15.6. The first-order valence-electron chi connectivity index (χ1n) is 8.11. The van der Waals surface area contributed by atoms with Crippen molar-refractivity contribution in [1.29, 1.82) is 0 Å². The molecule has 138 valence electrons. The highest BCUT2D eigenvalue weighted by molar-refractivity contribution is 7.99. The molecule has 0 saturated heterocycles. The number of ether oxygens (including phenoxy) is 1. The van der Waals surface area contributed by atoms with Crippen LogP contribution in [0.5, 0.6) is 5.75 Å². The lowest BCUT2D eigenvalue weighted by molar-refractivity contribution is -0.118. The molecule has 6 nitrogen and oxygen atoms in total. The standard InChI is InChI=1S/C18H14ClFN4O2S/c19-14-6-1-2-7-15(14)26-10-16-21-22-18-24(16)23(17(25)11-27-18)9-12-4-3-5-13(20)8-12/h1-8H,9-11H2. The molecule has 0 spiro atoms. The fraction of sp³-hybridized carbons (Fsp3) is 0.167. The third-order valence-corrected chi connectivity index (χ3v) is 5.16. The van der Waals surface area contributed by atoms with E-state index in [1.165, 1.54) is 28.9 Å². The van der Waals surface area contributed by atoms with E-state index in [2.05, 4.69) is 10.2 Å². The van der Waals surface area contributed by atoms with Crippen LogP contribution in [0.15, 0.2) is 53.7 Å². The van der Waals surface area contributed by atoms with Crippen LogP contribution in [0, 0.1) is 5.82 Å². The van der Waals surface area contributed by atoms with Crippen LogP contribution in [0.2, 0.25) is 5.02 Å². The Morgan fingerprint density at radius 2 is 2.04 bits per heavy atom. The molecule has 0 bridgehead atoms. The molecule has 0 unspecified atom stereocenters. The summed E-state index contributed by atoms with van der Waals surface area (Å²) in [5.41, 5.74) is 0.674. The normalized spacial score (nSPS) is 13.6. The van der Waals surface area contributed by atoms with Crippen molar-refractivity contribution in [2.45, 2.75) is 18.3 Å². The quantitative estimate of drug-likeness (QED) is 0.652. The van der Waals surface area contributed by atoms with E-state index in [1.807, 2.05) is 12.1 Å². The molecule has 0 N–H and O–H groups in total. The highest BCUT2D eigenvalue weighted by Gasteiger charge is 2.29. The van der Waals surface area contributed by atoms with E-state index >= 15 is 0 Å². The minimum atomic E-state index is -0.349. The van der Waals surface area contributed by atoms with Crippen LogP contribution < -0.4 is 9.75 Å². The van der Waals surface area contributed by atoms with Gasteiger partial charge in [-0.3, -0.25) is 4.79 Å². The number of hydrogen-bond donors (Lipinski definition) is 0. The van der Waals surface area contributed by atoms with Gasteiger partial charge in [0.05, 0.1) is 17.3 Å². The largest absolute Gasteiger partial charge is 0.484 e. The van der Waals surface area contributed by atoms with Crippen LogP contribution in [0.4, 0.5) is 4.39 Å². The van der Waals surface area contributed by atoms with Gasteiger partial charge in [-0.2, -0.15) is 0 Å². The number of thioether (sulfide) groups is 1. The van der Waals surface area contributed by atoms with Crippen LogP contribution >= 0.6 is 23.4 Å². The molecule has 3 aromatic rings. The number of benzene rings is 2. The van der Waals surface area contributed by atoms with Gasteiger partial charge in [0.2, 0.25) is 5.16 Å². The Balaban J connectivity index is 1.60. The van der Waals surface area contributed by atoms with E-state index in [0.717, 1.165) is 0 Å². The molecule has 1 aliphatic heterocycles. The highest BCUT2D eigenvalue weighted by atomic mass is 35.5. The molecule has 0 radical (unpaired) electrons. The first-order valence-corrected chi connectivity index (χ1v) is 9.47. The zero-order chi connectivity index (χ0) is 18.8. The van der Waals surface area contributed by atoms with E-state index in [0.29, 0.717) is 27.3 Å². The summed E-state index contributed by atoms with van der Waals surface area (Å²) in [5, 5.41) is 10.8. The van der Waals surface area contributed by atoms with Crippen LogP contribution in [0.25, 0.3) is 0 Å². The van der Waals surface area contributed by atoms with Crippen molar-refractivity contribution in [3.05, 3.63) is 70.8 Å². The van der Waals surface area contributed by atoms with Crippen LogP contribution in [0.1, 0.15) is 11.4 Å². The minimum absolute atomic E-state index is 0.0875. The van der Waals surface area contributed by atoms with Gasteiger partial charge in [0.15, 0.2) is 5.82 Å². The summed E-state index contributed by atoms with van der Waals surface area (Å²) in [6.45, 7) is 0.297. The number of amides is 1. The maximum absolute atomic E-state index is 13.5. The average Bonchev–Trinajstić information content (AvgIpc) is 3.07. The highest BCUT2D eigenvalue weighted by Crippen LogP contribution is 2.27. The Bertz CT molecular complexity index is 997. The molecule has 1 aromatic heterocycles. The summed E-state index contributed by atoms with van der Waals surface area (Å²) in [4.78, 5) is 12.5. The van der Waals surface area contributed by atoms with Crippen molar-refractivity contribution in [3.63, 3.8) is 0 Å². The summed E-state index contributed by atoms with van der Waals surface area (Å²) < 4.78 is 20.9.